The van der Waals surface area contributed by atoms with E-state index in [2.05, 4.69) is 31.9 Å². The Kier molecular flexibility index (Phi) is 3.86. The predicted molar refractivity (Wildman–Crippen MR) is 27.4 cm³/mol. The quantitative estimate of drug-likeness (QED) is 0.388. The Morgan fingerprint density at radius 3 is 1.50 bits per heavy atom. The van der Waals surface area contributed by atoms with Crippen LogP contribution in [0.5, 0.6) is 0 Å². The van der Waals surface area contributed by atoms with Gasteiger partial charge in [-0.2, -0.15) is 0 Å². The van der Waals surface area contributed by atoms with Crippen LogP contribution in [0.4, 0.5) is 0 Å². The van der Waals surface area contributed by atoms with E-state index in [1.807, 2.05) is 17.7 Å². The molecule has 0 fully saturated rings. The fourth-order valence-electron chi connectivity index (χ4n) is 0. The summed E-state index contributed by atoms with van der Waals surface area (Å²) in [6, 6.07) is 0. The van der Waals surface area contributed by atoms with E-state index < -0.39 is 0 Å². The molecule has 0 aromatic carbocycles. The number of halogens is 2. The first-order valence-corrected chi connectivity index (χ1v) is 2.85. The van der Waals surface area contributed by atoms with Gasteiger partial charge in [-0.3, -0.25) is 0 Å². The van der Waals surface area contributed by atoms with Crippen LogP contribution in [-0.4, -0.2) is 20.1 Å². The van der Waals surface area contributed by atoms with Crippen LogP contribution < -0.4 is 0 Å². The molecular weight excluding hydrogens is 179 g/mol. The average molecular weight is 180 g/mol. The summed E-state index contributed by atoms with van der Waals surface area (Å²) in [6.45, 7) is 0. The van der Waals surface area contributed by atoms with Gasteiger partial charge in [0.1, 0.15) is 0 Å². The standard InChI is InChI=1S/CHBr2.Li/c2-1-3;/h1H;. The molecular formula is CHBr2Li. The number of alkyl halides is 2. The Labute approximate surface area is 51.8 Å². The zero-order valence-corrected chi connectivity index (χ0v) is 5.51. The van der Waals surface area contributed by atoms with Gasteiger partial charge in [-0.15, -0.1) is 0 Å². The van der Waals surface area contributed by atoms with Gasteiger partial charge in [0.25, 0.3) is 0 Å². The van der Waals surface area contributed by atoms with Crippen LogP contribution in [0, 0.1) is 0 Å². The van der Waals surface area contributed by atoms with E-state index in [-0.39, 0.29) is 0 Å². The van der Waals surface area contributed by atoms with Gasteiger partial charge in [-0.05, 0) is 0 Å². The molecule has 0 heterocycles. The monoisotopic (exact) mass is 178 g/mol. The summed E-state index contributed by atoms with van der Waals surface area (Å²) in [4.78, 5) is 0. The van der Waals surface area contributed by atoms with Crippen LogP contribution in [0.25, 0.3) is 0 Å². The van der Waals surface area contributed by atoms with Gasteiger partial charge in [-0.1, -0.05) is 0 Å². The first-order valence-electron chi connectivity index (χ1n) is 1.01. The molecule has 0 N–H and O–H groups in total. The Balaban J connectivity index is 2.32. The molecule has 0 saturated heterocycles. The van der Waals surface area contributed by atoms with Gasteiger partial charge in [0.2, 0.25) is 0 Å². The SMILES string of the molecule is [Li][CH](Br)Br. The van der Waals surface area contributed by atoms with Gasteiger partial charge >= 0.3 is 52.0 Å². The molecule has 0 aliphatic carbocycles. The van der Waals surface area contributed by atoms with Crippen molar-refractivity contribution in [1.82, 2.24) is 0 Å². The fraction of sp³-hybridized carbons (Fsp3) is 1.00. The maximum absolute atomic E-state index is 3.19. The average Bonchev–Trinajstić information content (AvgIpc) is 0.811. The Morgan fingerprint density at radius 2 is 1.50 bits per heavy atom. The second-order valence-electron chi connectivity index (χ2n) is 0.519. The molecule has 0 bridgehead atoms. The van der Waals surface area contributed by atoms with Crippen LogP contribution in [0.2, 0.25) is 0 Å². The molecule has 0 spiro atoms. The van der Waals surface area contributed by atoms with Gasteiger partial charge in [0, 0.05) is 0 Å². The molecule has 0 atom stereocenters. The van der Waals surface area contributed by atoms with Crippen molar-refractivity contribution in [3.05, 3.63) is 0 Å². The molecule has 0 radical (unpaired) electrons. The van der Waals surface area contributed by atoms with Crippen molar-refractivity contribution in [3.8, 4) is 0 Å². The third-order valence-corrected chi connectivity index (χ3v) is 0. The van der Waals surface area contributed by atoms with Crippen molar-refractivity contribution >= 4 is 49.6 Å². The first kappa shape index (κ1) is 5.56. The second-order valence-corrected chi connectivity index (χ2v) is 4.49. The van der Waals surface area contributed by atoms with Crippen LogP contribution in [0.3, 0.4) is 0 Å². The van der Waals surface area contributed by atoms with Crippen LogP contribution >= 0.6 is 31.9 Å². The van der Waals surface area contributed by atoms with Crippen LogP contribution in [0.15, 0.2) is 0 Å². The van der Waals surface area contributed by atoms with Crippen LogP contribution in [0.1, 0.15) is 0 Å². The molecule has 3 heteroatoms. The summed E-state index contributed by atoms with van der Waals surface area (Å²) >= 11 is 8.38. The van der Waals surface area contributed by atoms with E-state index in [9.17, 15) is 0 Å². The molecule has 0 amide bonds. The Morgan fingerprint density at radius 1 is 1.50 bits per heavy atom. The van der Waals surface area contributed by atoms with Crippen molar-refractivity contribution < 1.29 is 0 Å². The van der Waals surface area contributed by atoms with E-state index in [1.165, 1.54) is 0 Å². The third kappa shape index (κ3) is 9.59. The topological polar surface area (TPSA) is 0 Å². The summed E-state index contributed by atoms with van der Waals surface area (Å²) in [7, 11) is 0. The fourth-order valence-corrected chi connectivity index (χ4v) is 0. The van der Waals surface area contributed by atoms with Gasteiger partial charge < -0.3 is 0 Å². The van der Waals surface area contributed by atoms with Crippen molar-refractivity contribution in [1.29, 1.82) is 0 Å². The molecule has 4 heavy (non-hydrogen) atoms. The first-order chi connectivity index (χ1) is 1.73. The number of rotatable bonds is 0. The Bertz CT molecular complexity index is 10.8. The molecule has 0 nitrogen and oxygen atoms in total. The summed E-state index contributed by atoms with van der Waals surface area (Å²) in [5.74, 6) is 0. The number of hydrogen-bond acceptors (Lipinski definition) is 0. The zero-order chi connectivity index (χ0) is 3.58. The van der Waals surface area contributed by atoms with E-state index in [0.717, 1.165) is 0 Å². The maximum atomic E-state index is 3.19. The van der Waals surface area contributed by atoms with Gasteiger partial charge in [0.05, 0.1) is 0 Å². The van der Waals surface area contributed by atoms with Crippen molar-refractivity contribution in [3.63, 3.8) is 0 Å². The van der Waals surface area contributed by atoms with Gasteiger partial charge in [-0.25, -0.2) is 0 Å². The minimum absolute atomic E-state index is 0.458. The molecule has 0 aliphatic rings. The molecule has 0 unspecified atom stereocenters. The summed E-state index contributed by atoms with van der Waals surface area (Å²) < 4.78 is 0.458. The van der Waals surface area contributed by atoms with Crippen molar-refractivity contribution in [2.45, 2.75) is 2.41 Å². The molecule has 20 valence electrons. The summed E-state index contributed by atoms with van der Waals surface area (Å²) in [5.41, 5.74) is 0. The third-order valence-electron chi connectivity index (χ3n) is 0. The molecule has 0 saturated carbocycles. The van der Waals surface area contributed by atoms with E-state index in [4.69, 9.17) is 0 Å². The second kappa shape index (κ2) is 2.78. The summed E-state index contributed by atoms with van der Waals surface area (Å²) in [6.07, 6.45) is 0. The number of hydrogen-bond donors (Lipinski definition) is 0. The Hall–Kier alpha value is 1.56. The van der Waals surface area contributed by atoms with E-state index >= 15 is 0 Å². The zero-order valence-electron chi connectivity index (χ0n) is 2.33. The van der Waals surface area contributed by atoms with Crippen LogP contribution in [-0.2, 0) is 0 Å². The molecule has 0 aromatic heterocycles. The van der Waals surface area contributed by atoms with Crippen molar-refractivity contribution in [2.75, 3.05) is 0 Å². The van der Waals surface area contributed by atoms with Crippen molar-refractivity contribution in [2.24, 2.45) is 0 Å². The van der Waals surface area contributed by atoms with E-state index in [0.29, 0.717) is 2.41 Å². The summed E-state index contributed by atoms with van der Waals surface area (Å²) in [5, 5.41) is 0. The molecule has 0 rings (SSSR count). The predicted octanol–water partition coefficient (Wildman–Crippen LogP) is 1.23. The normalized spacial score (nSPS) is 9.25. The van der Waals surface area contributed by atoms with Gasteiger partial charge in [0.15, 0.2) is 0 Å². The minimum atomic E-state index is 0.458. The molecule has 0 aliphatic heterocycles. The molecule has 0 aromatic rings. The van der Waals surface area contributed by atoms with E-state index in [1.54, 1.807) is 0 Å².